The molecule has 1 saturated heterocycles. The molecular formula is C19H23FN4O2. The lowest BCUT2D eigenvalue weighted by Gasteiger charge is -2.33. The van der Waals surface area contributed by atoms with Gasteiger partial charge in [-0.25, -0.2) is 9.07 Å². The van der Waals surface area contributed by atoms with E-state index < -0.39 is 17.2 Å². The number of piperidine rings is 1. The molecule has 0 radical (unpaired) electrons. The summed E-state index contributed by atoms with van der Waals surface area (Å²) in [4.78, 5) is 26.8. The van der Waals surface area contributed by atoms with Crippen LogP contribution in [0.25, 0.3) is 5.69 Å². The number of carbonyl (C=O) groups is 1. The van der Waals surface area contributed by atoms with E-state index in [2.05, 4.69) is 5.10 Å². The molecule has 1 atom stereocenters. The summed E-state index contributed by atoms with van der Waals surface area (Å²) in [5.41, 5.74) is 5.97. The number of aryl methyl sites for hydroxylation is 1. The van der Waals surface area contributed by atoms with E-state index in [0.717, 1.165) is 12.8 Å². The van der Waals surface area contributed by atoms with Crippen LogP contribution in [0.15, 0.2) is 35.1 Å². The van der Waals surface area contributed by atoms with E-state index in [1.165, 1.54) is 16.8 Å². The van der Waals surface area contributed by atoms with Crippen molar-refractivity contribution in [3.05, 3.63) is 57.8 Å². The van der Waals surface area contributed by atoms with Crippen LogP contribution in [0, 0.1) is 18.7 Å². The molecule has 138 valence electrons. The zero-order valence-corrected chi connectivity index (χ0v) is 15.0. The van der Waals surface area contributed by atoms with E-state index in [1.54, 1.807) is 30.0 Å². The van der Waals surface area contributed by atoms with Crippen molar-refractivity contribution in [2.75, 3.05) is 13.1 Å². The summed E-state index contributed by atoms with van der Waals surface area (Å²) in [6.07, 6.45) is 1.60. The normalized spacial score (nSPS) is 16.5. The van der Waals surface area contributed by atoms with Crippen LogP contribution in [0.5, 0.6) is 0 Å². The molecular weight excluding hydrogens is 335 g/mol. The van der Waals surface area contributed by atoms with Gasteiger partial charge in [-0.3, -0.25) is 9.59 Å². The molecule has 0 aliphatic carbocycles. The van der Waals surface area contributed by atoms with Gasteiger partial charge in [-0.2, -0.15) is 5.10 Å². The Morgan fingerprint density at radius 2 is 1.96 bits per heavy atom. The number of likely N-dealkylation sites (tertiary alicyclic amines) is 1. The van der Waals surface area contributed by atoms with Crippen molar-refractivity contribution in [3.63, 3.8) is 0 Å². The Hall–Kier alpha value is -2.54. The molecule has 1 aromatic carbocycles. The maximum atomic E-state index is 14.1. The lowest BCUT2D eigenvalue weighted by molar-refractivity contribution is 0.0671. The number of carbonyl (C=O) groups excluding carboxylic acids is 1. The number of nitrogens with two attached hydrogens (primary N) is 1. The Bertz CT molecular complexity index is 870. The first-order chi connectivity index (χ1) is 12.4. The van der Waals surface area contributed by atoms with Gasteiger partial charge in [0.15, 0.2) is 5.69 Å². The first kappa shape index (κ1) is 18.3. The van der Waals surface area contributed by atoms with E-state index in [4.69, 9.17) is 5.73 Å². The van der Waals surface area contributed by atoms with E-state index in [-0.39, 0.29) is 17.4 Å². The topological polar surface area (TPSA) is 81.2 Å². The molecule has 3 rings (SSSR count). The zero-order chi connectivity index (χ0) is 18.8. The van der Waals surface area contributed by atoms with Gasteiger partial charge in [-0.1, -0.05) is 12.1 Å². The number of rotatable bonds is 3. The second-order valence-corrected chi connectivity index (χ2v) is 6.85. The number of hydrogen-bond acceptors (Lipinski definition) is 4. The molecule has 2 heterocycles. The highest BCUT2D eigenvalue weighted by Gasteiger charge is 2.28. The molecule has 1 aliphatic rings. The molecule has 1 amide bonds. The summed E-state index contributed by atoms with van der Waals surface area (Å²) >= 11 is 0. The van der Waals surface area contributed by atoms with Gasteiger partial charge in [-0.05, 0) is 44.7 Å². The standard InChI is InChI=1S/C19H23FN4O2/c1-12-11-17(25)18(22-24(12)16-6-4-3-5-15(16)20)19(26)23-9-7-14(8-10-23)13(2)21/h3-6,11,13-14H,7-10,21H2,1-2H3. The molecule has 26 heavy (non-hydrogen) atoms. The van der Waals surface area contributed by atoms with Gasteiger partial charge in [0.2, 0.25) is 5.43 Å². The average molecular weight is 358 g/mol. The van der Waals surface area contributed by atoms with Crippen molar-refractivity contribution < 1.29 is 9.18 Å². The van der Waals surface area contributed by atoms with E-state index >= 15 is 0 Å². The quantitative estimate of drug-likeness (QED) is 0.908. The van der Waals surface area contributed by atoms with Crippen LogP contribution in [0.2, 0.25) is 0 Å². The number of benzene rings is 1. The van der Waals surface area contributed by atoms with Crippen LogP contribution in [0.4, 0.5) is 4.39 Å². The van der Waals surface area contributed by atoms with Crippen LogP contribution in [-0.2, 0) is 0 Å². The fourth-order valence-corrected chi connectivity index (χ4v) is 3.34. The van der Waals surface area contributed by atoms with Crippen molar-refractivity contribution in [1.29, 1.82) is 0 Å². The predicted molar refractivity (Wildman–Crippen MR) is 96.8 cm³/mol. The van der Waals surface area contributed by atoms with Crippen LogP contribution in [-0.4, -0.2) is 39.7 Å². The van der Waals surface area contributed by atoms with Crippen LogP contribution in [0.3, 0.4) is 0 Å². The highest BCUT2D eigenvalue weighted by atomic mass is 19.1. The molecule has 6 nitrogen and oxygen atoms in total. The van der Waals surface area contributed by atoms with Gasteiger partial charge in [0, 0.05) is 30.9 Å². The zero-order valence-electron chi connectivity index (χ0n) is 15.0. The first-order valence-corrected chi connectivity index (χ1v) is 8.79. The summed E-state index contributed by atoms with van der Waals surface area (Å²) < 4.78 is 15.4. The van der Waals surface area contributed by atoms with Gasteiger partial charge >= 0.3 is 0 Å². The maximum Gasteiger partial charge on any atom is 0.278 e. The summed E-state index contributed by atoms with van der Waals surface area (Å²) in [7, 11) is 0. The van der Waals surface area contributed by atoms with Gasteiger partial charge in [0.05, 0.1) is 0 Å². The first-order valence-electron chi connectivity index (χ1n) is 8.79. The fraction of sp³-hybridized carbons (Fsp3) is 0.421. The van der Waals surface area contributed by atoms with Crippen molar-refractivity contribution in [2.24, 2.45) is 11.7 Å². The lowest BCUT2D eigenvalue weighted by atomic mass is 9.91. The molecule has 1 unspecified atom stereocenters. The second kappa shape index (κ2) is 7.37. The summed E-state index contributed by atoms with van der Waals surface area (Å²) in [6.45, 7) is 4.71. The van der Waals surface area contributed by atoms with Crippen molar-refractivity contribution in [1.82, 2.24) is 14.7 Å². The van der Waals surface area contributed by atoms with Gasteiger partial charge in [0.1, 0.15) is 11.5 Å². The third-order valence-corrected chi connectivity index (χ3v) is 4.96. The Morgan fingerprint density at radius 1 is 1.31 bits per heavy atom. The number of nitrogens with zero attached hydrogens (tertiary/aromatic N) is 3. The molecule has 0 spiro atoms. The second-order valence-electron chi connectivity index (χ2n) is 6.85. The molecule has 0 saturated carbocycles. The lowest BCUT2D eigenvalue weighted by Crippen LogP contribution is -2.44. The van der Waals surface area contributed by atoms with E-state index in [9.17, 15) is 14.0 Å². The minimum absolute atomic E-state index is 0.0861. The van der Waals surface area contributed by atoms with Gasteiger partial charge in [-0.15, -0.1) is 0 Å². The molecule has 1 aliphatic heterocycles. The maximum absolute atomic E-state index is 14.1. The average Bonchev–Trinajstić information content (AvgIpc) is 2.62. The Labute approximate surface area is 151 Å². The van der Waals surface area contributed by atoms with Crippen molar-refractivity contribution in [3.8, 4) is 5.69 Å². The minimum atomic E-state index is -0.470. The van der Waals surface area contributed by atoms with Gasteiger partial charge < -0.3 is 10.6 Å². The Balaban J connectivity index is 1.91. The van der Waals surface area contributed by atoms with E-state index in [0.29, 0.717) is 24.7 Å². The van der Waals surface area contributed by atoms with Gasteiger partial charge in [0.25, 0.3) is 5.91 Å². The third-order valence-electron chi connectivity index (χ3n) is 4.96. The SMILES string of the molecule is Cc1cc(=O)c(C(=O)N2CCC(C(C)N)CC2)nn1-c1ccccc1F. The van der Waals surface area contributed by atoms with Crippen LogP contribution >= 0.6 is 0 Å². The summed E-state index contributed by atoms with van der Waals surface area (Å²) in [5.74, 6) is -0.508. The monoisotopic (exact) mass is 358 g/mol. The van der Waals surface area contributed by atoms with Crippen molar-refractivity contribution in [2.45, 2.75) is 32.7 Å². The van der Waals surface area contributed by atoms with E-state index in [1.807, 2.05) is 6.92 Å². The summed E-state index contributed by atoms with van der Waals surface area (Å²) in [6, 6.07) is 7.53. The molecule has 0 bridgehead atoms. The molecule has 2 aromatic rings. The third kappa shape index (κ3) is 3.53. The molecule has 1 aromatic heterocycles. The largest absolute Gasteiger partial charge is 0.337 e. The molecule has 1 fully saturated rings. The smallest absolute Gasteiger partial charge is 0.278 e. The Morgan fingerprint density at radius 3 is 2.58 bits per heavy atom. The summed E-state index contributed by atoms with van der Waals surface area (Å²) in [5, 5.41) is 4.18. The molecule has 7 heteroatoms. The highest BCUT2D eigenvalue weighted by Crippen LogP contribution is 2.20. The van der Waals surface area contributed by atoms with Crippen LogP contribution < -0.4 is 11.2 Å². The highest BCUT2D eigenvalue weighted by molar-refractivity contribution is 5.92. The van der Waals surface area contributed by atoms with Crippen molar-refractivity contribution >= 4 is 5.91 Å². The Kier molecular flexibility index (Phi) is 5.18. The number of amides is 1. The minimum Gasteiger partial charge on any atom is -0.337 e. The number of hydrogen-bond donors (Lipinski definition) is 1. The number of halogens is 1. The molecule has 2 N–H and O–H groups in total. The number of aromatic nitrogens is 2. The fourth-order valence-electron chi connectivity index (χ4n) is 3.34. The van der Waals surface area contributed by atoms with Crippen LogP contribution in [0.1, 0.15) is 35.9 Å². The predicted octanol–water partition coefficient (Wildman–Crippen LogP) is 1.88. The number of para-hydroxylation sites is 1.